The molecule has 0 unspecified atom stereocenters. The van der Waals surface area contributed by atoms with E-state index in [1.54, 1.807) is 13.2 Å². The maximum absolute atomic E-state index is 12.3. The molecule has 1 aromatic heterocycles. The van der Waals surface area contributed by atoms with Crippen molar-refractivity contribution in [3.8, 4) is 5.75 Å². The number of nitrogens with one attached hydrogen (secondary N) is 1. The standard InChI is InChI=1S/C13H14BrN3O2S/c1-3-4-10-12(20-17-16-10)13(18)15-11-7-8(19-2)5-6-9(11)14/h5-7H,3-4H2,1-2H3,(H,15,18). The number of methoxy groups -OCH3 is 1. The molecular weight excluding hydrogens is 342 g/mol. The molecule has 1 heterocycles. The summed E-state index contributed by atoms with van der Waals surface area (Å²) < 4.78 is 9.80. The maximum Gasteiger partial charge on any atom is 0.269 e. The summed E-state index contributed by atoms with van der Waals surface area (Å²) in [6, 6.07) is 5.40. The van der Waals surface area contributed by atoms with Crippen molar-refractivity contribution in [2.45, 2.75) is 19.8 Å². The van der Waals surface area contributed by atoms with Crippen LogP contribution in [0.5, 0.6) is 5.75 Å². The van der Waals surface area contributed by atoms with Gasteiger partial charge in [-0.15, -0.1) is 5.10 Å². The van der Waals surface area contributed by atoms with Crippen LogP contribution in [0.3, 0.4) is 0 Å². The number of nitrogens with zero attached hydrogens (tertiary/aromatic N) is 2. The third kappa shape index (κ3) is 3.34. The van der Waals surface area contributed by atoms with E-state index in [9.17, 15) is 4.79 Å². The highest BCUT2D eigenvalue weighted by Crippen LogP contribution is 2.28. The summed E-state index contributed by atoms with van der Waals surface area (Å²) in [5, 5.41) is 6.85. The van der Waals surface area contributed by atoms with E-state index < -0.39 is 0 Å². The lowest BCUT2D eigenvalue weighted by atomic mass is 10.2. The Morgan fingerprint density at radius 3 is 3.00 bits per heavy atom. The minimum absolute atomic E-state index is 0.197. The summed E-state index contributed by atoms with van der Waals surface area (Å²) in [5.74, 6) is 0.483. The molecule has 0 radical (unpaired) electrons. The zero-order valence-electron chi connectivity index (χ0n) is 11.1. The maximum atomic E-state index is 12.3. The number of aromatic nitrogens is 2. The van der Waals surface area contributed by atoms with Gasteiger partial charge in [-0.1, -0.05) is 17.8 Å². The Hall–Kier alpha value is -1.47. The van der Waals surface area contributed by atoms with E-state index in [0.29, 0.717) is 16.3 Å². The van der Waals surface area contributed by atoms with Gasteiger partial charge in [-0.3, -0.25) is 4.79 Å². The Balaban J connectivity index is 2.21. The Labute approximate surface area is 129 Å². The summed E-state index contributed by atoms with van der Waals surface area (Å²) in [5.41, 5.74) is 1.40. The van der Waals surface area contributed by atoms with Crippen LogP contribution < -0.4 is 10.1 Å². The molecule has 20 heavy (non-hydrogen) atoms. The Bertz CT molecular complexity index is 615. The lowest BCUT2D eigenvalue weighted by Crippen LogP contribution is -2.13. The average Bonchev–Trinajstić information content (AvgIpc) is 2.90. The molecule has 5 nitrogen and oxygen atoms in total. The number of benzene rings is 1. The van der Waals surface area contributed by atoms with Crippen molar-refractivity contribution in [3.05, 3.63) is 33.2 Å². The van der Waals surface area contributed by atoms with E-state index in [0.717, 1.165) is 34.5 Å². The number of hydrogen-bond donors (Lipinski definition) is 1. The molecule has 1 amide bonds. The second-order valence-electron chi connectivity index (χ2n) is 4.10. The van der Waals surface area contributed by atoms with Crippen LogP contribution in [-0.4, -0.2) is 22.6 Å². The number of rotatable bonds is 5. The summed E-state index contributed by atoms with van der Waals surface area (Å²) in [4.78, 5) is 12.8. The Morgan fingerprint density at radius 2 is 2.30 bits per heavy atom. The fourth-order valence-electron chi connectivity index (χ4n) is 1.69. The van der Waals surface area contributed by atoms with Crippen molar-refractivity contribution in [2.24, 2.45) is 0 Å². The summed E-state index contributed by atoms with van der Waals surface area (Å²) >= 11 is 4.52. The highest BCUT2D eigenvalue weighted by molar-refractivity contribution is 9.10. The molecule has 0 bridgehead atoms. The quantitative estimate of drug-likeness (QED) is 0.891. The van der Waals surface area contributed by atoms with Gasteiger partial charge in [0, 0.05) is 10.5 Å². The summed E-state index contributed by atoms with van der Waals surface area (Å²) in [6.07, 6.45) is 1.67. The molecule has 0 aliphatic carbocycles. The SMILES string of the molecule is CCCc1nnsc1C(=O)Nc1cc(OC)ccc1Br. The van der Waals surface area contributed by atoms with Gasteiger partial charge in [0.1, 0.15) is 10.6 Å². The number of anilines is 1. The lowest BCUT2D eigenvalue weighted by molar-refractivity contribution is 0.102. The van der Waals surface area contributed by atoms with Gasteiger partial charge in [-0.2, -0.15) is 0 Å². The molecule has 2 aromatic rings. The highest BCUT2D eigenvalue weighted by Gasteiger charge is 2.17. The van der Waals surface area contributed by atoms with Gasteiger partial charge >= 0.3 is 0 Å². The molecule has 7 heteroatoms. The zero-order chi connectivity index (χ0) is 14.5. The van der Waals surface area contributed by atoms with Gasteiger partial charge in [0.2, 0.25) is 0 Å². The average molecular weight is 356 g/mol. The van der Waals surface area contributed by atoms with E-state index in [-0.39, 0.29) is 5.91 Å². The van der Waals surface area contributed by atoms with Crippen LogP contribution in [0.25, 0.3) is 0 Å². The predicted molar refractivity (Wildman–Crippen MR) is 82.6 cm³/mol. The van der Waals surface area contributed by atoms with E-state index >= 15 is 0 Å². The first-order chi connectivity index (χ1) is 9.65. The number of carbonyl (C=O) groups is 1. The van der Waals surface area contributed by atoms with E-state index in [1.165, 1.54) is 0 Å². The third-order valence-corrected chi connectivity index (χ3v) is 4.13. The topological polar surface area (TPSA) is 64.1 Å². The van der Waals surface area contributed by atoms with E-state index in [4.69, 9.17) is 4.74 Å². The van der Waals surface area contributed by atoms with E-state index in [2.05, 4.69) is 30.8 Å². The van der Waals surface area contributed by atoms with Gasteiger partial charge in [0.05, 0.1) is 18.5 Å². The molecule has 0 spiro atoms. The molecule has 1 aromatic carbocycles. The zero-order valence-corrected chi connectivity index (χ0v) is 13.5. The van der Waals surface area contributed by atoms with Crippen LogP contribution in [-0.2, 0) is 6.42 Å². The van der Waals surface area contributed by atoms with Gasteiger partial charge in [-0.25, -0.2) is 0 Å². The van der Waals surface area contributed by atoms with Gasteiger partial charge in [-0.05, 0) is 46.0 Å². The molecule has 0 saturated heterocycles. The van der Waals surface area contributed by atoms with E-state index in [1.807, 2.05) is 19.1 Å². The predicted octanol–water partition coefficient (Wildman–Crippen LogP) is 3.51. The van der Waals surface area contributed by atoms with Gasteiger partial charge in [0.15, 0.2) is 0 Å². The minimum atomic E-state index is -0.197. The van der Waals surface area contributed by atoms with Gasteiger partial charge in [0.25, 0.3) is 5.91 Å². The number of aryl methyl sites for hydroxylation is 1. The fourth-order valence-corrected chi connectivity index (χ4v) is 2.64. The number of amides is 1. The smallest absolute Gasteiger partial charge is 0.269 e. The second kappa shape index (κ2) is 6.81. The second-order valence-corrected chi connectivity index (χ2v) is 5.71. The normalized spacial score (nSPS) is 10.3. The van der Waals surface area contributed by atoms with Crippen LogP contribution in [0.2, 0.25) is 0 Å². The summed E-state index contributed by atoms with van der Waals surface area (Å²) in [7, 11) is 1.58. The van der Waals surface area contributed by atoms with Crippen molar-refractivity contribution in [3.63, 3.8) is 0 Å². The molecule has 106 valence electrons. The molecule has 1 N–H and O–H groups in total. The summed E-state index contributed by atoms with van der Waals surface area (Å²) in [6.45, 7) is 2.04. The first-order valence-corrected chi connectivity index (χ1v) is 7.68. The van der Waals surface area contributed by atoms with Crippen LogP contribution in [0, 0.1) is 0 Å². The van der Waals surface area contributed by atoms with Crippen LogP contribution in [0.1, 0.15) is 28.7 Å². The van der Waals surface area contributed by atoms with Crippen molar-refractivity contribution < 1.29 is 9.53 Å². The lowest BCUT2D eigenvalue weighted by Gasteiger charge is -2.08. The first kappa shape index (κ1) is 14.9. The highest BCUT2D eigenvalue weighted by atomic mass is 79.9. The minimum Gasteiger partial charge on any atom is -0.497 e. The molecule has 0 fully saturated rings. The van der Waals surface area contributed by atoms with Crippen LogP contribution in [0.15, 0.2) is 22.7 Å². The molecular formula is C13H14BrN3O2S. The van der Waals surface area contributed by atoms with Gasteiger partial charge < -0.3 is 10.1 Å². The number of hydrogen-bond acceptors (Lipinski definition) is 5. The number of carbonyl (C=O) groups excluding carboxylic acids is 1. The largest absolute Gasteiger partial charge is 0.497 e. The molecule has 0 aliphatic rings. The number of ether oxygens (including phenoxy) is 1. The Kier molecular flexibility index (Phi) is 5.08. The van der Waals surface area contributed by atoms with Crippen molar-refractivity contribution in [1.82, 2.24) is 9.59 Å². The third-order valence-electron chi connectivity index (χ3n) is 2.67. The number of halogens is 1. The molecule has 0 aliphatic heterocycles. The monoisotopic (exact) mass is 355 g/mol. The first-order valence-electron chi connectivity index (χ1n) is 6.11. The Morgan fingerprint density at radius 1 is 1.50 bits per heavy atom. The van der Waals surface area contributed by atoms with Crippen molar-refractivity contribution in [2.75, 3.05) is 12.4 Å². The van der Waals surface area contributed by atoms with Crippen LogP contribution in [0.4, 0.5) is 5.69 Å². The molecule has 0 atom stereocenters. The van der Waals surface area contributed by atoms with Crippen LogP contribution >= 0.6 is 27.5 Å². The molecule has 2 rings (SSSR count). The fraction of sp³-hybridized carbons (Fsp3) is 0.308. The van der Waals surface area contributed by atoms with Crippen molar-refractivity contribution >= 4 is 39.1 Å². The molecule has 0 saturated carbocycles. The van der Waals surface area contributed by atoms with Crippen molar-refractivity contribution in [1.29, 1.82) is 0 Å².